The average Bonchev–Trinajstić information content (AvgIpc) is 2.52. The maximum atomic E-state index is 9.05. The summed E-state index contributed by atoms with van der Waals surface area (Å²) in [6, 6.07) is 15.1. The third-order valence-electron chi connectivity index (χ3n) is 2.90. The van der Waals surface area contributed by atoms with E-state index in [1.807, 2.05) is 36.4 Å². The van der Waals surface area contributed by atoms with Crippen LogP contribution in [0.1, 0.15) is 16.7 Å². The second-order valence-corrected chi connectivity index (χ2v) is 4.44. The molecule has 0 spiro atoms. The summed E-state index contributed by atoms with van der Waals surface area (Å²) in [6.45, 7) is 0.311. The first-order valence-electron chi connectivity index (χ1n) is 6.12. The van der Waals surface area contributed by atoms with Crippen molar-refractivity contribution < 1.29 is 9.47 Å². The third-order valence-corrected chi connectivity index (χ3v) is 3.21. The lowest BCUT2D eigenvalue weighted by Gasteiger charge is -2.12. The number of methoxy groups -OCH3 is 1. The SMILES string of the molecule is COc1ccc(CCl)cc1OCc1ccccc1C#N. The molecule has 102 valence electrons. The van der Waals surface area contributed by atoms with Gasteiger partial charge in [-0.2, -0.15) is 5.26 Å². The van der Waals surface area contributed by atoms with Crippen LogP contribution in [0.2, 0.25) is 0 Å². The van der Waals surface area contributed by atoms with Gasteiger partial charge in [-0.1, -0.05) is 24.3 Å². The summed E-state index contributed by atoms with van der Waals surface area (Å²) in [5, 5.41) is 9.05. The van der Waals surface area contributed by atoms with E-state index in [0.29, 0.717) is 29.5 Å². The van der Waals surface area contributed by atoms with Gasteiger partial charge in [0.05, 0.1) is 18.7 Å². The van der Waals surface area contributed by atoms with Crippen LogP contribution < -0.4 is 9.47 Å². The summed E-state index contributed by atoms with van der Waals surface area (Å²) in [7, 11) is 1.59. The number of halogens is 1. The van der Waals surface area contributed by atoms with Crippen LogP contribution >= 0.6 is 11.6 Å². The van der Waals surface area contributed by atoms with E-state index in [2.05, 4.69) is 6.07 Å². The van der Waals surface area contributed by atoms with Gasteiger partial charge in [-0.3, -0.25) is 0 Å². The Morgan fingerprint density at radius 1 is 1.15 bits per heavy atom. The fourth-order valence-corrected chi connectivity index (χ4v) is 1.99. The number of benzene rings is 2. The third kappa shape index (κ3) is 3.23. The highest BCUT2D eigenvalue weighted by atomic mass is 35.5. The molecular weight excluding hydrogens is 274 g/mol. The van der Waals surface area contributed by atoms with Gasteiger partial charge in [0, 0.05) is 11.4 Å². The summed E-state index contributed by atoms with van der Waals surface area (Å²) >= 11 is 5.82. The predicted octanol–water partition coefficient (Wildman–Crippen LogP) is 3.88. The van der Waals surface area contributed by atoms with Crippen LogP contribution in [0.5, 0.6) is 11.5 Å². The molecule has 0 heterocycles. The first kappa shape index (κ1) is 14.2. The molecule has 0 unspecified atom stereocenters. The second kappa shape index (κ2) is 6.83. The van der Waals surface area contributed by atoms with Crippen LogP contribution in [-0.4, -0.2) is 7.11 Å². The van der Waals surface area contributed by atoms with Gasteiger partial charge < -0.3 is 9.47 Å². The van der Waals surface area contributed by atoms with Crippen molar-refractivity contribution in [3.8, 4) is 17.6 Å². The maximum Gasteiger partial charge on any atom is 0.161 e. The number of rotatable bonds is 5. The van der Waals surface area contributed by atoms with Gasteiger partial charge in [-0.05, 0) is 23.8 Å². The van der Waals surface area contributed by atoms with Crippen molar-refractivity contribution in [2.75, 3.05) is 7.11 Å². The molecule has 3 nitrogen and oxygen atoms in total. The Bertz CT molecular complexity index is 635. The molecule has 4 heteroatoms. The number of hydrogen-bond donors (Lipinski definition) is 0. The zero-order valence-corrected chi connectivity index (χ0v) is 11.9. The predicted molar refractivity (Wildman–Crippen MR) is 78.0 cm³/mol. The number of nitriles is 1. The van der Waals surface area contributed by atoms with Crippen LogP contribution in [0.15, 0.2) is 42.5 Å². The van der Waals surface area contributed by atoms with Gasteiger partial charge in [-0.25, -0.2) is 0 Å². The minimum absolute atomic E-state index is 0.311. The molecule has 2 aromatic carbocycles. The van der Waals surface area contributed by atoms with Crippen molar-refractivity contribution in [1.29, 1.82) is 5.26 Å². The van der Waals surface area contributed by atoms with Gasteiger partial charge in [-0.15, -0.1) is 11.6 Å². The number of hydrogen-bond acceptors (Lipinski definition) is 3. The van der Waals surface area contributed by atoms with E-state index >= 15 is 0 Å². The maximum absolute atomic E-state index is 9.05. The highest BCUT2D eigenvalue weighted by molar-refractivity contribution is 6.17. The van der Waals surface area contributed by atoms with Crippen molar-refractivity contribution in [3.05, 3.63) is 59.2 Å². The molecule has 0 amide bonds. The van der Waals surface area contributed by atoms with Crippen molar-refractivity contribution in [2.45, 2.75) is 12.5 Å². The first-order chi connectivity index (χ1) is 9.78. The summed E-state index contributed by atoms with van der Waals surface area (Å²) < 4.78 is 11.0. The molecule has 0 fully saturated rings. The molecule has 2 rings (SSSR count). The van der Waals surface area contributed by atoms with E-state index in [4.69, 9.17) is 26.3 Å². The first-order valence-corrected chi connectivity index (χ1v) is 6.65. The van der Waals surface area contributed by atoms with Gasteiger partial charge in [0.25, 0.3) is 0 Å². The molecule has 0 aliphatic rings. The lowest BCUT2D eigenvalue weighted by Crippen LogP contribution is -2.00. The Morgan fingerprint density at radius 3 is 2.65 bits per heavy atom. The quantitative estimate of drug-likeness (QED) is 0.784. The van der Waals surface area contributed by atoms with Gasteiger partial charge in [0.1, 0.15) is 6.61 Å². The zero-order chi connectivity index (χ0) is 14.4. The summed E-state index contributed by atoms with van der Waals surface area (Å²) in [5.74, 6) is 1.68. The number of nitrogens with zero attached hydrogens (tertiary/aromatic N) is 1. The standard InChI is InChI=1S/C16H14ClNO2/c1-19-15-7-6-12(9-17)8-16(15)20-11-14-5-3-2-4-13(14)10-18/h2-8H,9,11H2,1H3. The topological polar surface area (TPSA) is 42.2 Å². The Labute approximate surface area is 123 Å². The zero-order valence-electron chi connectivity index (χ0n) is 11.1. The summed E-state index contributed by atoms with van der Waals surface area (Å²) in [5.41, 5.74) is 2.41. The van der Waals surface area contributed by atoms with Crippen LogP contribution in [0, 0.1) is 11.3 Å². The summed E-state index contributed by atoms with van der Waals surface area (Å²) in [4.78, 5) is 0. The van der Waals surface area contributed by atoms with Crippen LogP contribution in [0.25, 0.3) is 0 Å². The molecule has 0 N–H and O–H groups in total. The van der Waals surface area contributed by atoms with Crippen molar-refractivity contribution in [2.24, 2.45) is 0 Å². The Morgan fingerprint density at radius 2 is 1.95 bits per heavy atom. The smallest absolute Gasteiger partial charge is 0.161 e. The lowest BCUT2D eigenvalue weighted by molar-refractivity contribution is 0.284. The number of alkyl halides is 1. The van der Waals surface area contributed by atoms with Crippen LogP contribution in [-0.2, 0) is 12.5 Å². The Hall–Kier alpha value is -2.18. The minimum atomic E-state index is 0.311. The van der Waals surface area contributed by atoms with E-state index in [-0.39, 0.29) is 0 Å². The van der Waals surface area contributed by atoms with Gasteiger partial charge in [0.2, 0.25) is 0 Å². The fourth-order valence-electron chi connectivity index (χ4n) is 1.83. The molecule has 20 heavy (non-hydrogen) atoms. The lowest BCUT2D eigenvalue weighted by atomic mass is 10.1. The molecule has 0 aliphatic carbocycles. The van der Waals surface area contributed by atoms with Gasteiger partial charge in [0.15, 0.2) is 11.5 Å². The van der Waals surface area contributed by atoms with Crippen LogP contribution in [0.3, 0.4) is 0 Å². The van der Waals surface area contributed by atoms with E-state index in [1.54, 1.807) is 13.2 Å². The molecule has 0 atom stereocenters. The normalized spacial score (nSPS) is 9.85. The molecule has 0 bridgehead atoms. The van der Waals surface area contributed by atoms with E-state index in [0.717, 1.165) is 11.1 Å². The molecule has 0 saturated heterocycles. The number of ether oxygens (including phenoxy) is 2. The fraction of sp³-hybridized carbons (Fsp3) is 0.188. The van der Waals surface area contributed by atoms with Crippen molar-refractivity contribution in [3.63, 3.8) is 0 Å². The highest BCUT2D eigenvalue weighted by Crippen LogP contribution is 2.29. The van der Waals surface area contributed by atoms with Gasteiger partial charge >= 0.3 is 0 Å². The molecule has 0 saturated carbocycles. The molecule has 2 aromatic rings. The molecule has 0 aromatic heterocycles. The average molecular weight is 288 g/mol. The monoisotopic (exact) mass is 287 g/mol. The largest absolute Gasteiger partial charge is 0.493 e. The van der Waals surface area contributed by atoms with Crippen molar-refractivity contribution in [1.82, 2.24) is 0 Å². The minimum Gasteiger partial charge on any atom is -0.493 e. The molecular formula is C16H14ClNO2. The Kier molecular flexibility index (Phi) is 4.86. The molecule has 0 radical (unpaired) electrons. The van der Waals surface area contributed by atoms with E-state index < -0.39 is 0 Å². The van der Waals surface area contributed by atoms with E-state index in [1.165, 1.54) is 0 Å². The Balaban J connectivity index is 2.20. The highest BCUT2D eigenvalue weighted by Gasteiger charge is 2.07. The van der Waals surface area contributed by atoms with E-state index in [9.17, 15) is 0 Å². The second-order valence-electron chi connectivity index (χ2n) is 4.18. The van der Waals surface area contributed by atoms with Crippen LogP contribution in [0.4, 0.5) is 0 Å². The van der Waals surface area contributed by atoms with Crippen molar-refractivity contribution >= 4 is 11.6 Å². The molecule has 0 aliphatic heterocycles. The summed E-state index contributed by atoms with van der Waals surface area (Å²) in [6.07, 6.45) is 0.